The van der Waals surface area contributed by atoms with E-state index in [0.717, 1.165) is 31.5 Å². The summed E-state index contributed by atoms with van der Waals surface area (Å²) in [5, 5.41) is 2.63. The summed E-state index contributed by atoms with van der Waals surface area (Å²) in [7, 11) is 0. The molecule has 0 unspecified atom stereocenters. The summed E-state index contributed by atoms with van der Waals surface area (Å²) < 4.78 is 82.3. The number of benzene rings is 2. The van der Waals surface area contributed by atoms with Gasteiger partial charge in [0.05, 0.1) is 5.56 Å². The standard InChI is InChI=1S/C26H28F6N6O/c1-2-4-18-7-9-19(10-8-18)16-37-11-13-38(14-12-37)23-34-22(35-24(36-23)39-17-25(27,28)29)33-21-6-3-5-20(15-21)26(30,31)32/h3,5-10,15H,2,4,11-14,16-17H2,1H3,(H,33,34,35,36). The summed E-state index contributed by atoms with van der Waals surface area (Å²) in [5.41, 5.74) is 1.59. The molecule has 0 radical (unpaired) electrons. The predicted molar refractivity (Wildman–Crippen MR) is 134 cm³/mol. The van der Waals surface area contributed by atoms with Crippen molar-refractivity contribution in [2.24, 2.45) is 0 Å². The van der Waals surface area contributed by atoms with Crippen molar-refractivity contribution < 1.29 is 31.1 Å². The Morgan fingerprint density at radius 2 is 1.56 bits per heavy atom. The number of hydrogen-bond acceptors (Lipinski definition) is 7. The predicted octanol–water partition coefficient (Wildman–Crippen LogP) is 5.85. The van der Waals surface area contributed by atoms with Gasteiger partial charge in [0.15, 0.2) is 6.61 Å². The zero-order chi connectivity index (χ0) is 28.0. The van der Waals surface area contributed by atoms with E-state index in [0.29, 0.717) is 26.2 Å². The Labute approximate surface area is 221 Å². The van der Waals surface area contributed by atoms with Crippen LogP contribution in [0, 0.1) is 0 Å². The van der Waals surface area contributed by atoms with Crippen molar-refractivity contribution in [2.75, 3.05) is 43.0 Å². The molecule has 0 bridgehead atoms. The van der Waals surface area contributed by atoms with E-state index >= 15 is 0 Å². The number of halogens is 6. The summed E-state index contributed by atoms with van der Waals surface area (Å²) in [5.74, 6) is -0.161. The topological polar surface area (TPSA) is 66.4 Å². The van der Waals surface area contributed by atoms with Crippen LogP contribution in [0.25, 0.3) is 0 Å². The lowest BCUT2D eigenvalue weighted by molar-refractivity contribution is -0.154. The van der Waals surface area contributed by atoms with Crippen molar-refractivity contribution in [1.82, 2.24) is 19.9 Å². The summed E-state index contributed by atoms with van der Waals surface area (Å²) in [6.07, 6.45) is -7.08. The maximum absolute atomic E-state index is 13.1. The van der Waals surface area contributed by atoms with E-state index in [1.54, 1.807) is 4.90 Å². The van der Waals surface area contributed by atoms with Crippen LogP contribution in [-0.2, 0) is 19.1 Å². The third-order valence-corrected chi connectivity index (χ3v) is 6.04. The van der Waals surface area contributed by atoms with E-state index in [2.05, 4.69) is 56.4 Å². The molecule has 1 aliphatic heterocycles. The van der Waals surface area contributed by atoms with Crippen molar-refractivity contribution in [1.29, 1.82) is 0 Å². The zero-order valence-corrected chi connectivity index (χ0v) is 21.2. The first-order chi connectivity index (χ1) is 18.5. The minimum atomic E-state index is -4.62. The van der Waals surface area contributed by atoms with Gasteiger partial charge in [-0.15, -0.1) is 0 Å². The molecule has 13 heteroatoms. The van der Waals surface area contributed by atoms with Gasteiger partial charge in [-0.3, -0.25) is 4.90 Å². The van der Waals surface area contributed by atoms with Gasteiger partial charge in [0, 0.05) is 38.4 Å². The minimum Gasteiger partial charge on any atom is -0.454 e. The second-order valence-corrected chi connectivity index (χ2v) is 9.18. The Morgan fingerprint density at radius 1 is 0.872 bits per heavy atom. The molecular formula is C26H28F6N6O. The molecule has 0 saturated carbocycles. The van der Waals surface area contributed by atoms with Gasteiger partial charge < -0.3 is 15.0 Å². The number of hydrogen-bond donors (Lipinski definition) is 1. The SMILES string of the molecule is CCCc1ccc(CN2CCN(c3nc(Nc4cccc(C(F)(F)F)c4)nc(OCC(F)(F)F)n3)CC2)cc1. The molecule has 2 heterocycles. The summed E-state index contributed by atoms with van der Waals surface area (Å²) >= 11 is 0. The van der Waals surface area contributed by atoms with Crippen LogP contribution in [0.15, 0.2) is 48.5 Å². The van der Waals surface area contributed by atoms with E-state index in [9.17, 15) is 26.3 Å². The number of nitrogens with one attached hydrogen (secondary N) is 1. The van der Waals surface area contributed by atoms with E-state index < -0.39 is 30.5 Å². The van der Waals surface area contributed by atoms with Crippen LogP contribution in [0.3, 0.4) is 0 Å². The van der Waals surface area contributed by atoms with Gasteiger partial charge >= 0.3 is 18.4 Å². The molecule has 0 aliphatic carbocycles. The van der Waals surface area contributed by atoms with Gasteiger partial charge in [-0.25, -0.2) is 0 Å². The third-order valence-electron chi connectivity index (χ3n) is 6.04. The zero-order valence-electron chi connectivity index (χ0n) is 21.2. The van der Waals surface area contributed by atoms with Crippen LogP contribution in [0.2, 0.25) is 0 Å². The first kappa shape index (κ1) is 28.4. The maximum atomic E-state index is 13.1. The molecule has 1 aliphatic rings. The third kappa shape index (κ3) is 8.44. The molecule has 3 aromatic rings. The van der Waals surface area contributed by atoms with Crippen molar-refractivity contribution in [3.8, 4) is 6.01 Å². The van der Waals surface area contributed by atoms with Crippen molar-refractivity contribution in [3.05, 3.63) is 65.2 Å². The lowest BCUT2D eigenvalue weighted by Gasteiger charge is -2.34. The molecule has 1 fully saturated rings. The normalized spacial score (nSPS) is 14.9. The molecule has 0 atom stereocenters. The number of aryl methyl sites for hydroxylation is 1. The fraction of sp³-hybridized carbons (Fsp3) is 0.423. The average molecular weight is 555 g/mol. The quantitative estimate of drug-likeness (QED) is 0.333. The lowest BCUT2D eigenvalue weighted by Crippen LogP contribution is -2.46. The van der Waals surface area contributed by atoms with Gasteiger partial charge in [-0.1, -0.05) is 43.7 Å². The first-order valence-corrected chi connectivity index (χ1v) is 12.4. The van der Waals surface area contributed by atoms with Gasteiger partial charge in [-0.2, -0.15) is 41.3 Å². The van der Waals surface area contributed by atoms with Crippen LogP contribution in [0.5, 0.6) is 6.01 Å². The number of piperazine rings is 1. The second-order valence-electron chi connectivity index (χ2n) is 9.18. The summed E-state index contributed by atoms with van der Waals surface area (Å²) in [4.78, 5) is 16.2. The fourth-order valence-electron chi connectivity index (χ4n) is 4.12. The monoisotopic (exact) mass is 554 g/mol. The van der Waals surface area contributed by atoms with Crippen molar-refractivity contribution in [3.63, 3.8) is 0 Å². The highest BCUT2D eigenvalue weighted by atomic mass is 19.4. The number of rotatable bonds is 9. The van der Waals surface area contributed by atoms with Gasteiger partial charge in [0.2, 0.25) is 11.9 Å². The molecule has 2 aromatic carbocycles. The average Bonchev–Trinajstić information content (AvgIpc) is 2.88. The molecule has 0 spiro atoms. The Kier molecular flexibility index (Phi) is 8.78. The summed E-state index contributed by atoms with van der Waals surface area (Å²) in [6, 6.07) is 12.2. The number of aromatic nitrogens is 3. The molecule has 0 amide bonds. The Hall–Kier alpha value is -3.61. The highest BCUT2D eigenvalue weighted by molar-refractivity contribution is 5.56. The first-order valence-electron chi connectivity index (χ1n) is 12.4. The van der Waals surface area contributed by atoms with Crippen LogP contribution >= 0.6 is 0 Å². The molecule has 1 saturated heterocycles. The Balaban J connectivity index is 1.47. The van der Waals surface area contributed by atoms with E-state index in [1.807, 2.05) is 0 Å². The van der Waals surface area contributed by atoms with Crippen LogP contribution in [-0.4, -0.2) is 58.8 Å². The van der Waals surface area contributed by atoms with Crippen LogP contribution in [0.1, 0.15) is 30.0 Å². The molecule has 210 valence electrons. The molecule has 1 N–H and O–H groups in total. The molecule has 7 nitrogen and oxygen atoms in total. The highest BCUT2D eigenvalue weighted by Crippen LogP contribution is 2.31. The Morgan fingerprint density at radius 3 is 2.21 bits per heavy atom. The second kappa shape index (κ2) is 12.1. The molecule has 1 aromatic heterocycles. The largest absolute Gasteiger partial charge is 0.454 e. The smallest absolute Gasteiger partial charge is 0.422 e. The lowest BCUT2D eigenvalue weighted by atomic mass is 10.1. The van der Waals surface area contributed by atoms with Gasteiger partial charge in [0.25, 0.3) is 0 Å². The molecular weight excluding hydrogens is 526 g/mol. The van der Waals surface area contributed by atoms with E-state index in [4.69, 9.17) is 4.74 Å². The minimum absolute atomic E-state index is 0.0125. The van der Waals surface area contributed by atoms with Gasteiger partial charge in [-0.05, 0) is 35.7 Å². The highest BCUT2D eigenvalue weighted by Gasteiger charge is 2.31. The van der Waals surface area contributed by atoms with Crippen molar-refractivity contribution >= 4 is 17.6 Å². The summed E-state index contributed by atoms with van der Waals surface area (Å²) in [6.45, 7) is 3.54. The van der Waals surface area contributed by atoms with E-state index in [-0.39, 0.29) is 17.6 Å². The molecule has 39 heavy (non-hydrogen) atoms. The number of ether oxygens (including phenoxy) is 1. The number of nitrogens with zero attached hydrogens (tertiary/aromatic N) is 5. The van der Waals surface area contributed by atoms with Crippen molar-refractivity contribution in [2.45, 2.75) is 38.7 Å². The fourth-order valence-corrected chi connectivity index (χ4v) is 4.12. The van der Waals surface area contributed by atoms with Crippen LogP contribution < -0.4 is 15.0 Å². The van der Waals surface area contributed by atoms with Gasteiger partial charge in [0.1, 0.15) is 0 Å². The number of anilines is 3. The van der Waals surface area contributed by atoms with E-state index in [1.165, 1.54) is 23.3 Å². The van der Waals surface area contributed by atoms with Crippen LogP contribution in [0.4, 0.5) is 43.9 Å². The Bertz CT molecular complexity index is 1230. The number of alkyl halides is 6. The molecule has 4 rings (SSSR count). The maximum Gasteiger partial charge on any atom is 0.422 e.